The predicted octanol–water partition coefficient (Wildman–Crippen LogP) is 0.294. The standard InChI is InChI=1S/C5H9FO2/c1-4(8)5(6)2-3-7/h3-5,8H,2H2,1H3. The molecule has 0 amide bonds. The van der Waals surface area contributed by atoms with Crippen LogP contribution in [0.15, 0.2) is 0 Å². The number of carbonyl (C=O) groups is 1. The molecule has 0 heterocycles. The van der Waals surface area contributed by atoms with E-state index in [9.17, 15) is 9.18 Å². The molecule has 0 aromatic rings. The van der Waals surface area contributed by atoms with Crippen molar-refractivity contribution in [2.75, 3.05) is 0 Å². The Kier molecular flexibility index (Phi) is 3.35. The Bertz CT molecular complexity index is 72.8. The van der Waals surface area contributed by atoms with E-state index in [0.717, 1.165) is 0 Å². The van der Waals surface area contributed by atoms with Gasteiger partial charge in [-0.1, -0.05) is 0 Å². The number of halogens is 1. The Morgan fingerprint density at radius 2 is 2.38 bits per heavy atom. The molecule has 8 heavy (non-hydrogen) atoms. The van der Waals surface area contributed by atoms with E-state index in [2.05, 4.69) is 0 Å². The normalized spacial score (nSPS) is 17.4. The molecule has 1 N–H and O–H groups in total. The summed E-state index contributed by atoms with van der Waals surface area (Å²) in [5.74, 6) is 0. The molecule has 0 saturated carbocycles. The minimum absolute atomic E-state index is 0.211. The molecular formula is C5H9FO2. The number of aliphatic hydroxyl groups excluding tert-OH is 1. The van der Waals surface area contributed by atoms with E-state index in [1.807, 2.05) is 0 Å². The summed E-state index contributed by atoms with van der Waals surface area (Å²) in [7, 11) is 0. The molecule has 0 saturated heterocycles. The van der Waals surface area contributed by atoms with Gasteiger partial charge in [0.25, 0.3) is 0 Å². The fourth-order valence-corrected chi connectivity index (χ4v) is 0.289. The van der Waals surface area contributed by atoms with Crippen molar-refractivity contribution in [3.05, 3.63) is 0 Å². The van der Waals surface area contributed by atoms with Gasteiger partial charge in [-0.05, 0) is 6.92 Å². The molecule has 2 atom stereocenters. The molecular weight excluding hydrogens is 111 g/mol. The molecule has 2 unspecified atom stereocenters. The van der Waals surface area contributed by atoms with E-state index in [1.165, 1.54) is 6.92 Å². The zero-order valence-corrected chi connectivity index (χ0v) is 4.67. The molecule has 0 rings (SSSR count). The van der Waals surface area contributed by atoms with Gasteiger partial charge in [0.15, 0.2) is 0 Å². The maximum atomic E-state index is 12.0. The van der Waals surface area contributed by atoms with Gasteiger partial charge in [-0.15, -0.1) is 0 Å². The van der Waals surface area contributed by atoms with Crippen LogP contribution in [0, 0.1) is 0 Å². The van der Waals surface area contributed by atoms with E-state index >= 15 is 0 Å². The third-order valence-electron chi connectivity index (χ3n) is 0.845. The zero-order valence-electron chi connectivity index (χ0n) is 4.67. The molecule has 2 nitrogen and oxygen atoms in total. The summed E-state index contributed by atoms with van der Waals surface area (Å²) in [5, 5.41) is 8.42. The second-order valence-corrected chi connectivity index (χ2v) is 1.66. The van der Waals surface area contributed by atoms with Gasteiger partial charge in [0, 0.05) is 6.42 Å². The highest BCUT2D eigenvalue weighted by Crippen LogP contribution is 1.99. The first-order valence-corrected chi connectivity index (χ1v) is 2.44. The van der Waals surface area contributed by atoms with Crippen molar-refractivity contribution in [3.63, 3.8) is 0 Å². The first kappa shape index (κ1) is 7.56. The summed E-state index contributed by atoms with van der Waals surface area (Å²) in [6.07, 6.45) is -2.18. The summed E-state index contributed by atoms with van der Waals surface area (Å²) < 4.78 is 12.0. The number of hydrogen-bond donors (Lipinski definition) is 1. The molecule has 3 heteroatoms. The van der Waals surface area contributed by atoms with Crippen LogP contribution >= 0.6 is 0 Å². The Balaban J connectivity index is 3.30. The quantitative estimate of drug-likeness (QED) is 0.544. The average Bonchev–Trinajstić information content (AvgIpc) is 1.67. The van der Waals surface area contributed by atoms with Gasteiger partial charge in [-0.3, -0.25) is 0 Å². The first-order chi connectivity index (χ1) is 3.68. The number of aldehydes is 1. The smallest absolute Gasteiger partial charge is 0.132 e. The van der Waals surface area contributed by atoms with Crippen LogP contribution in [0.3, 0.4) is 0 Å². The third kappa shape index (κ3) is 2.69. The van der Waals surface area contributed by atoms with Crippen molar-refractivity contribution in [2.24, 2.45) is 0 Å². The van der Waals surface area contributed by atoms with Crippen molar-refractivity contribution >= 4 is 6.29 Å². The van der Waals surface area contributed by atoms with Crippen LogP contribution < -0.4 is 0 Å². The van der Waals surface area contributed by atoms with Crippen LogP contribution in [-0.2, 0) is 4.79 Å². The third-order valence-corrected chi connectivity index (χ3v) is 0.845. The lowest BCUT2D eigenvalue weighted by Gasteiger charge is -2.04. The van der Waals surface area contributed by atoms with Gasteiger partial charge in [0.2, 0.25) is 0 Å². The summed E-state index contributed by atoms with van der Waals surface area (Å²) in [6, 6.07) is 0. The van der Waals surface area contributed by atoms with Gasteiger partial charge < -0.3 is 9.90 Å². The lowest BCUT2D eigenvalue weighted by atomic mass is 10.2. The van der Waals surface area contributed by atoms with Gasteiger partial charge in [0.1, 0.15) is 12.5 Å². The van der Waals surface area contributed by atoms with Crippen molar-refractivity contribution in [1.29, 1.82) is 0 Å². The van der Waals surface area contributed by atoms with Crippen molar-refractivity contribution in [2.45, 2.75) is 25.6 Å². The van der Waals surface area contributed by atoms with Gasteiger partial charge >= 0.3 is 0 Å². The summed E-state index contributed by atoms with van der Waals surface area (Å²) in [6.45, 7) is 1.31. The number of aliphatic hydroxyl groups is 1. The molecule has 0 aliphatic rings. The van der Waals surface area contributed by atoms with Gasteiger partial charge in [0.05, 0.1) is 6.10 Å². The van der Waals surface area contributed by atoms with E-state index in [1.54, 1.807) is 0 Å². The van der Waals surface area contributed by atoms with Crippen molar-refractivity contribution < 1.29 is 14.3 Å². The van der Waals surface area contributed by atoms with Crippen LogP contribution in [0.1, 0.15) is 13.3 Å². The van der Waals surface area contributed by atoms with Crippen molar-refractivity contribution in [3.8, 4) is 0 Å². The van der Waals surface area contributed by atoms with Crippen molar-refractivity contribution in [1.82, 2.24) is 0 Å². The highest BCUT2D eigenvalue weighted by atomic mass is 19.1. The lowest BCUT2D eigenvalue weighted by Crippen LogP contribution is -2.17. The van der Waals surface area contributed by atoms with Crippen LogP contribution in [-0.4, -0.2) is 23.7 Å². The molecule has 0 radical (unpaired) electrons. The summed E-state index contributed by atoms with van der Waals surface area (Å²) in [4.78, 5) is 9.57. The second-order valence-electron chi connectivity index (χ2n) is 1.66. The van der Waals surface area contributed by atoms with Crippen LogP contribution in [0.25, 0.3) is 0 Å². The minimum Gasteiger partial charge on any atom is -0.390 e. The summed E-state index contributed by atoms with van der Waals surface area (Å²) in [5.41, 5.74) is 0. The number of hydrogen-bond acceptors (Lipinski definition) is 2. The highest BCUT2D eigenvalue weighted by molar-refractivity contribution is 5.50. The molecule has 0 fully saturated rings. The predicted molar refractivity (Wildman–Crippen MR) is 27.3 cm³/mol. The Hall–Kier alpha value is -0.440. The average molecular weight is 120 g/mol. The Morgan fingerprint density at radius 1 is 1.88 bits per heavy atom. The van der Waals surface area contributed by atoms with Crippen LogP contribution in [0.5, 0.6) is 0 Å². The van der Waals surface area contributed by atoms with Gasteiger partial charge in [-0.2, -0.15) is 0 Å². The fraction of sp³-hybridized carbons (Fsp3) is 0.800. The number of rotatable bonds is 3. The number of alkyl halides is 1. The number of carbonyl (C=O) groups excluding carboxylic acids is 1. The Morgan fingerprint density at radius 3 is 2.50 bits per heavy atom. The highest BCUT2D eigenvalue weighted by Gasteiger charge is 2.10. The maximum absolute atomic E-state index is 12.0. The fourth-order valence-electron chi connectivity index (χ4n) is 0.289. The molecule has 48 valence electrons. The van der Waals surface area contributed by atoms with E-state index in [0.29, 0.717) is 6.29 Å². The first-order valence-electron chi connectivity index (χ1n) is 2.44. The van der Waals surface area contributed by atoms with Crippen LogP contribution in [0.2, 0.25) is 0 Å². The lowest BCUT2D eigenvalue weighted by molar-refractivity contribution is -0.109. The maximum Gasteiger partial charge on any atom is 0.132 e. The minimum atomic E-state index is -1.40. The summed E-state index contributed by atoms with van der Waals surface area (Å²) >= 11 is 0. The van der Waals surface area contributed by atoms with Crippen LogP contribution in [0.4, 0.5) is 4.39 Å². The van der Waals surface area contributed by atoms with E-state index < -0.39 is 12.3 Å². The second kappa shape index (κ2) is 3.55. The topological polar surface area (TPSA) is 37.3 Å². The zero-order chi connectivity index (χ0) is 6.57. The molecule has 0 bridgehead atoms. The SMILES string of the molecule is CC(O)C(F)CC=O. The monoisotopic (exact) mass is 120 g/mol. The van der Waals surface area contributed by atoms with Gasteiger partial charge in [-0.25, -0.2) is 4.39 Å². The largest absolute Gasteiger partial charge is 0.390 e. The molecule has 0 aliphatic heterocycles. The molecule has 0 aromatic heterocycles. The molecule has 0 spiro atoms. The Labute approximate surface area is 47.3 Å². The van der Waals surface area contributed by atoms with E-state index in [-0.39, 0.29) is 6.42 Å². The molecule has 0 aromatic carbocycles. The van der Waals surface area contributed by atoms with E-state index in [4.69, 9.17) is 5.11 Å². The molecule has 0 aliphatic carbocycles.